The summed E-state index contributed by atoms with van der Waals surface area (Å²) in [4.78, 5) is 2.27. The molecule has 0 radical (unpaired) electrons. The van der Waals surface area contributed by atoms with Gasteiger partial charge in [0.15, 0.2) is 0 Å². The molecule has 3 nitrogen and oxygen atoms in total. The summed E-state index contributed by atoms with van der Waals surface area (Å²) in [5, 5.41) is 8.90. The van der Waals surface area contributed by atoms with Crippen LogP contribution in [0.1, 0.15) is 11.1 Å². The van der Waals surface area contributed by atoms with Gasteiger partial charge in [-0.05, 0) is 30.0 Å². The molecule has 1 unspecified atom stereocenters. The second-order valence-electron chi connectivity index (χ2n) is 4.28. The molecule has 1 atom stereocenters. The molecule has 1 heterocycles. The van der Waals surface area contributed by atoms with Gasteiger partial charge in [-0.15, -0.1) is 0 Å². The topological polar surface area (TPSA) is 49.5 Å². The molecule has 15 heavy (non-hydrogen) atoms. The lowest BCUT2D eigenvalue weighted by Crippen LogP contribution is -2.26. The zero-order valence-electron chi connectivity index (χ0n) is 9.11. The highest BCUT2D eigenvalue weighted by Gasteiger charge is 2.15. The molecule has 1 aliphatic rings. The SMILES string of the molecule is CN1CCc2cc(CC(N)CO)ccc21. The number of benzene rings is 1. The molecular formula is C12H18N2O. The van der Waals surface area contributed by atoms with Crippen molar-refractivity contribution >= 4 is 5.69 Å². The van der Waals surface area contributed by atoms with Crippen LogP contribution in [0.25, 0.3) is 0 Å². The van der Waals surface area contributed by atoms with Gasteiger partial charge in [0.2, 0.25) is 0 Å². The van der Waals surface area contributed by atoms with Crippen LogP contribution in [0, 0.1) is 0 Å². The third-order valence-corrected chi connectivity index (χ3v) is 3.00. The number of likely N-dealkylation sites (N-methyl/N-ethyl adjacent to an activating group) is 1. The van der Waals surface area contributed by atoms with Gasteiger partial charge in [-0.2, -0.15) is 0 Å². The van der Waals surface area contributed by atoms with Crippen LogP contribution in [0.15, 0.2) is 18.2 Å². The number of aliphatic hydroxyl groups excluding tert-OH is 1. The first kappa shape index (κ1) is 10.5. The average Bonchev–Trinajstić information content (AvgIpc) is 2.60. The quantitative estimate of drug-likeness (QED) is 0.759. The third-order valence-electron chi connectivity index (χ3n) is 3.00. The number of fused-ring (bicyclic) bond motifs is 1. The molecule has 2 rings (SSSR count). The van der Waals surface area contributed by atoms with E-state index in [-0.39, 0.29) is 12.6 Å². The number of hydrogen-bond donors (Lipinski definition) is 2. The number of rotatable bonds is 3. The van der Waals surface area contributed by atoms with Crippen molar-refractivity contribution in [1.29, 1.82) is 0 Å². The standard InChI is InChI=1S/C12H18N2O/c1-14-5-4-10-6-9(2-3-12(10)14)7-11(13)8-15/h2-3,6,11,15H,4-5,7-8,13H2,1H3. The van der Waals surface area contributed by atoms with Crippen molar-refractivity contribution < 1.29 is 5.11 Å². The van der Waals surface area contributed by atoms with E-state index in [0.29, 0.717) is 0 Å². The molecule has 0 amide bonds. The van der Waals surface area contributed by atoms with E-state index in [1.54, 1.807) is 0 Å². The Kier molecular flexibility index (Phi) is 2.93. The van der Waals surface area contributed by atoms with E-state index in [2.05, 4.69) is 30.1 Å². The van der Waals surface area contributed by atoms with E-state index in [0.717, 1.165) is 19.4 Å². The van der Waals surface area contributed by atoms with Crippen LogP contribution in [-0.4, -0.2) is 31.3 Å². The maximum absolute atomic E-state index is 8.90. The Labute approximate surface area is 90.5 Å². The van der Waals surface area contributed by atoms with Gasteiger partial charge in [-0.25, -0.2) is 0 Å². The maximum atomic E-state index is 8.90. The highest BCUT2D eigenvalue weighted by atomic mass is 16.3. The summed E-state index contributed by atoms with van der Waals surface area (Å²) in [6, 6.07) is 6.34. The van der Waals surface area contributed by atoms with Crippen molar-refractivity contribution in [3.8, 4) is 0 Å². The maximum Gasteiger partial charge on any atom is 0.0585 e. The molecule has 0 aliphatic carbocycles. The fourth-order valence-electron chi connectivity index (χ4n) is 2.11. The number of aliphatic hydroxyl groups is 1. The van der Waals surface area contributed by atoms with Gasteiger partial charge >= 0.3 is 0 Å². The van der Waals surface area contributed by atoms with E-state index in [9.17, 15) is 0 Å². The fourth-order valence-corrected chi connectivity index (χ4v) is 2.11. The fraction of sp³-hybridized carbons (Fsp3) is 0.500. The van der Waals surface area contributed by atoms with Gasteiger partial charge in [0.05, 0.1) is 6.61 Å². The lowest BCUT2D eigenvalue weighted by Gasteiger charge is -2.13. The van der Waals surface area contributed by atoms with Crippen molar-refractivity contribution in [3.63, 3.8) is 0 Å². The van der Waals surface area contributed by atoms with Crippen LogP contribution in [0.5, 0.6) is 0 Å². The summed E-state index contributed by atoms with van der Waals surface area (Å²) in [6.45, 7) is 1.15. The van der Waals surface area contributed by atoms with Gasteiger partial charge in [-0.3, -0.25) is 0 Å². The first-order chi connectivity index (χ1) is 7.20. The summed E-state index contributed by atoms with van der Waals surface area (Å²) in [7, 11) is 2.12. The minimum Gasteiger partial charge on any atom is -0.395 e. The van der Waals surface area contributed by atoms with E-state index in [4.69, 9.17) is 10.8 Å². The first-order valence-electron chi connectivity index (χ1n) is 5.40. The van der Waals surface area contributed by atoms with Gasteiger partial charge in [0.25, 0.3) is 0 Å². The number of anilines is 1. The normalized spacial score (nSPS) is 16.6. The van der Waals surface area contributed by atoms with Gasteiger partial charge in [-0.1, -0.05) is 12.1 Å². The monoisotopic (exact) mass is 206 g/mol. The summed E-state index contributed by atoms with van der Waals surface area (Å²) in [6.07, 6.45) is 1.88. The number of nitrogens with two attached hydrogens (primary N) is 1. The predicted molar refractivity (Wildman–Crippen MR) is 62.2 cm³/mol. The van der Waals surface area contributed by atoms with Crippen LogP contribution in [0.2, 0.25) is 0 Å². The Hall–Kier alpha value is -1.06. The molecule has 0 bridgehead atoms. The number of hydrogen-bond acceptors (Lipinski definition) is 3. The smallest absolute Gasteiger partial charge is 0.0585 e. The summed E-state index contributed by atoms with van der Waals surface area (Å²) < 4.78 is 0. The molecule has 0 aromatic heterocycles. The molecule has 1 aromatic rings. The molecular weight excluding hydrogens is 188 g/mol. The first-order valence-corrected chi connectivity index (χ1v) is 5.40. The molecule has 3 N–H and O–H groups in total. The Morgan fingerprint density at radius 3 is 3.07 bits per heavy atom. The molecule has 0 saturated heterocycles. The molecule has 82 valence electrons. The van der Waals surface area contributed by atoms with E-state index in [1.807, 2.05) is 0 Å². The average molecular weight is 206 g/mol. The molecule has 1 aliphatic heterocycles. The van der Waals surface area contributed by atoms with E-state index in [1.165, 1.54) is 16.8 Å². The van der Waals surface area contributed by atoms with Crippen molar-refractivity contribution in [1.82, 2.24) is 0 Å². The van der Waals surface area contributed by atoms with Gasteiger partial charge in [0, 0.05) is 25.3 Å². The van der Waals surface area contributed by atoms with E-state index < -0.39 is 0 Å². The lowest BCUT2D eigenvalue weighted by molar-refractivity contribution is 0.265. The molecule has 1 aromatic carbocycles. The molecule has 0 fully saturated rings. The largest absolute Gasteiger partial charge is 0.395 e. The highest BCUT2D eigenvalue weighted by molar-refractivity contribution is 5.58. The van der Waals surface area contributed by atoms with E-state index >= 15 is 0 Å². The van der Waals surface area contributed by atoms with Crippen LogP contribution in [0.3, 0.4) is 0 Å². The molecule has 3 heteroatoms. The summed E-state index contributed by atoms with van der Waals surface area (Å²) >= 11 is 0. The Bertz CT molecular complexity index is 351. The third kappa shape index (κ3) is 2.13. The minimum absolute atomic E-state index is 0.0526. The van der Waals surface area contributed by atoms with Gasteiger partial charge < -0.3 is 15.7 Å². The van der Waals surface area contributed by atoms with Crippen molar-refractivity contribution in [3.05, 3.63) is 29.3 Å². The molecule has 0 saturated carbocycles. The zero-order chi connectivity index (χ0) is 10.8. The van der Waals surface area contributed by atoms with Crippen molar-refractivity contribution in [2.75, 3.05) is 25.1 Å². The van der Waals surface area contributed by atoms with Gasteiger partial charge in [0.1, 0.15) is 0 Å². The second kappa shape index (κ2) is 4.21. The summed E-state index contributed by atoms with van der Waals surface area (Å²) in [5.41, 5.74) is 9.68. The van der Waals surface area contributed by atoms with Crippen LogP contribution >= 0.6 is 0 Å². The zero-order valence-corrected chi connectivity index (χ0v) is 9.11. The Balaban J connectivity index is 2.16. The van der Waals surface area contributed by atoms with Crippen molar-refractivity contribution in [2.24, 2.45) is 5.73 Å². The predicted octanol–water partition coefficient (Wildman–Crippen LogP) is 0.541. The Morgan fingerprint density at radius 1 is 1.53 bits per heavy atom. The summed E-state index contributed by atoms with van der Waals surface area (Å²) in [5.74, 6) is 0. The second-order valence-corrected chi connectivity index (χ2v) is 4.28. The highest BCUT2D eigenvalue weighted by Crippen LogP contribution is 2.27. The van der Waals surface area contributed by atoms with Crippen LogP contribution in [0.4, 0.5) is 5.69 Å². The van der Waals surface area contributed by atoms with Crippen LogP contribution in [-0.2, 0) is 12.8 Å². The minimum atomic E-state index is -0.137. The number of nitrogens with zero attached hydrogens (tertiary/aromatic N) is 1. The Morgan fingerprint density at radius 2 is 2.33 bits per heavy atom. The van der Waals surface area contributed by atoms with Crippen LogP contribution < -0.4 is 10.6 Å². The molecule has 0 spiro atoms. The lowest BCUT2D eigenvalue weighted by atomic mass is 10.0. The van der Waals surface area contributed by atoms with Crippen molar-refractivity contribution in [2.45, 2.75) is 18.9 Å².